The van der Waals surface area contributed by atoms with E-state index in [1.165, 1.54) is 0 Å². The molecular formula is C32H20N8. The number of pyridine rings is 6. The summed E-state index contributed by atoms with van der Waals surface area (Å²) in [5.74, 6) is 0. The largest absolute Gasteiger partial charge is 0.265 e. The Morgan fingerprint density at radius 3 is 1.18 bits per heavy atom. The van der Waals surface area contributed by atoms with Crippen molar-refractivity contribution in [1.29, 1.82) is 0 Å². The number of fused-ring (bicyclic) bond motifs is 2. The molecule has 0 aliphatic carbocycles. The Morgan fingerprint density at radius 2 is 0.775 bits per heavy atom. The maximum absolute atomic E-state index is 5.12. The maximum Gasteiger partial charge on any atom is 0.0914 e. The molecule has 0 radical (unpaired) electrons. The second kappa shape index (κ2) is 10.2. The van der Waals surface area contributed by atoms with E-state index in [2.05, 4.69) is 19.9 Å². The minimum Gasteiger partial charge on any atom is -0.265 e. The van der Waals surface area contributed by atoms with E-state index in [1.54, 1.807) is 49.6 Å². The Labute approximate surface area is 230 Å². The van der Waals surface area contributed by atoms with Crippen LogP contribution in [0.15, 0.2) is 133 Å². The summed E-state index contributed by atoms with van der Waals surface area (Å²) in [5, 5.41) is 0. The molecule has 188 valence electrons. The number of nitrogens with zero attached hydrogens (tertiary/aromatic N) is 8. The predicted molar refractivity (Wildman–Crippen MR) is 154 cm³/mol. The first kappa shape index (κ1) is 23.4. The Bertz CT molecular complexity index is 1720. The van der Waals surface area contributed by atoms with E-state index in [0.29, 0.717) is 11.4 Å². The standard InChI is InChI=1S/C32H20N8/c1-3-27(21-5-11-33-12-6-21)37-17-23(1)31-25-9-15-35-19-29(25)40-32(26-10-16-36-20-30(26)39-31)24-2-4-28(38-18-24)22-7-13-34-14-8-22/h1-20H/b31-25?,32-26?,39-30?,39-31-,40-29?,40-32-. The fraction of sp³-hybridized carbons (Fsp3) is 0. The third kappa shape index (κ3) is 4.43. The molecule has 6 aromatic heterocycles. The third-order valence-electron chi connectivity index (χ3n) is 6.60. The van der Waals surface area contributed by atoms with Crippen LogP contribution in [0.3, 0.4) is 0 Å². The zero-order valence-electron chi connectivity index (χ0n) is 21.1. The van der Waals surface area contributed by atoms with Gasteiger partial charge >= 0.3 is 0 Å². The van der Waals surface area contributed by atoms with Crippen molar-refractivity contribution in [3.8, 4) is 22.5 Å². The highest BCUT2D eigenvalue weighted by atomic mass is 14.9. The van der Waals surface area contributed by atoms with Crippen molar-refractivity contribution >= 4 is 22.8 Å². The zero-order chi connectivity index (χ0) is 26.7. The lowest BCUT2D eigenvalue weighted by molar-refractivity contribution is 1.24. The first-order valence-corrected chi connectivity index (χ1v) is 12.6. The van der Waals surface area contributed by atoms with Gasteiger partial charge in [0, 0.05) is 83.0 Å². The Morgan fingerprint density at radius 1 is 0.350 bits per heavy atom. The first-order chi connectivity index (χ1) is 19.8. The summed E-state index contributed by atoms with van der Waals surface area (Å²) >= 11 is 0. The average Bonchev–Trinajstić information content (AvgIpc) is 3.03. The molecule has 0 N–H and O–H groups in total. The molecule has 1 aliphatic heterocycles. The van der Waals surface area contributed by atoms with Gasteiger partial charge in [-0.05, 0) is 60.7 Å². The molecule has 8 nitrogen and oxygen atoms in total. The summed E-state index contributed by atoms with van der Waals surface area (Å²) in [6, 6.07) is 19.6. The summed E-state index contributed by atoms with van der Waals surface area (Å²) in [6.07, 6.45) is 17.7. The predicted octanol–water partition coefficient (Wildman–Crippen LogP) is 6.04. The molecular weight excluding hydrogens is 496 g/mol. The molecule has 0 unspecified atom stereocenters. The van der Waals surface area contributed by atoms with Gasteiger partial charge in [-0.1, -0.05) is 0 Å². The number of hydrogen-bond acceptors (Lipinski definition) is 8. The molecule has 0 amide bonds. The molecule has 0 atom stereocenters. The summed E-state index contributed by atoms with van der Waals surface area (Å²) < 4.78 is 0. The van der Waals surface area contributed by atoms with Crippen LogP contribution in [0.25, 0.3) is 22.5 Å². The van der Waals surface area contributed by atoms with Crippen LogP contribution in [-0.4, -0.2) is 41.3 Å². The molecule has 0 bridgehead atoms. The SMILES string of the molecule is c1cc(-c2ccc(/C3=N/c4cnccc4/C(c4ccc(-c5ccncc5)nc4)=N\c4cnccc43)cn2)ccn1. The molecule has 6 aromatic rings. The van der Waals surface area contributed by atoms with Crippen molar-refractivity contribution < 1.29 is 0 Å². The highest BCUT2D eigenvalue weighted by Gasteiger charge is 2.21. The molecule has 7 rings (SSSR count). The van der Waals surface area contributed by atoms with Gasteiger partial charge in [0.25, 0.3) is 0 Å². The molecule has 0 spiro atoms. The molecule has 0 saturated heterocycles. The molecule has 0 saturated carbocycles. The molecule has 8 heteroatoms. The Hall–Kier alpha value is -5.76. The van der Waals surface area contributed by atoms with E-state index in [4.69, 9.17) is 20.0 Å². The number of aromatic nitrogens is 6. The van der Waals surface area contributed by atoms with Crippen LogP contribution in [-0.2, 0) is 0 Å². The van der Waals surface area contributed by atoms with Gasteiger partial charge in [0.2, 0.25) is 0 Å². The number of aliphatic imine (C=N–C) groups is 2. The second-order valence-electron chi connectivity index (χ2n) is 9.04. The quantitative estimate of drug-likeness (QED) is 0.283. The van der Waals surface area contributed by atoms with Crippen LogP contribution in [0.4, 0.5) is 11.4 Å². The van der Waals surface area contributed by atoms with Gasteiger partial charge in [0.15, 0.2) is 0 Å². The van der Waals surface area contributed by atoms with Crippen molar-refractivity contribution in [2.24, 2.45) is 9.98 Å². The van der Waals surface area contributed by atoms with Crippen LogP contribution >= 0.6 is 0 Å². The van der Waals surface area contributed by atoms with Crippen molar-refractivity contribution in [2.75, 3.05) is 0 Å². The minimum absolute atomic E-state index is 0.704. The first-order valence-electron chi connectivity index (χ1n) is 12.6. The highest BCUT2D eigenvalue weighted by Crippen LogP contribution is 2.32. The average molecular weight is 517 g/mol. The lowest BCUT2D eigenvalue weighted by Gasteiger charge is -2.17. The minimum atomic E-state index is 0.704. The van der Waals surface area contributed by atoms with Crippen LogP contribution in [0.2, 0.25) is 0 Å². The van der Waals surface area contributed by atoms with Gasteiger partial charge in [0.1, 0.15) is 0 Å². The molecule has 0 aromatic carbocycles. The van der Waals surface area contributed by atoms with Crippen LogP contribution in [0.5, 0.6) is 0 Å². The molecule has 1 aliphatic rings. The Balaban J connectivity index is 1.34. The Kier molecular flexibility index (Phi) is 5.95. The highest BCUT2D eigenvalue weighted by molar-refractivity contribution is 6.22. The van der Waals surface area contributed by atoms with Crippen molar-refractivity contribution in [2.45, 2.75) is 0 Å². The van der Waals surface area contributed by atoms with Crippen molar-refractivity contribution in [3.63, 3.8) is 0 Å². The van der Waals surface area contributed by atoms with Crippen LogP contribution < -0.4 is 0 Å². The topological polar surface area (TPSA) is 102 Å². The summed E-state index contributed by atoms with van der Waals surface area (Å²) in [5.41, 5.74) is 10.0. The number of hydrogen-bond donors (Lipinski definition) is 0. The smallest absolute Gasteiger partial charge is 0.0914 e. The van der Waals surface area contributed by atoms with Crippen molar-refractivity contribution in [1.82, 2.24) is 29.9 Å². The van der Waals surface area contributed by atoms with Crippen LogP contribution in [0, 0.1) is 0 Å². The van der Waals surface area contributed by atoms with Gasteiger partial charge in [-0.2, -0.15) is 0 Å². The van der Waals surface area contributed by atoms with Gasteiger partial charge in [-0.25, -0.2) is 9.98 Å². The van der Waals surface area contributed by atoms with E-state index < -0.39 is 0 Å². The second-order valence-corrected chi connectivity index (χ2v) is 9.04. The van der Waals surface area contributed by atoms with E-state index >= 15 is 0 Å². The molecule has 0 fully saturated rings. The maximum atomic E-state index is 5.12. The van der Waals surface area contributed by atoms with Gasteiger partial charge in [-0.15, -0.1) is 0 Å². The van der Waals surface area contributed by atoms with Gasteiger partial charge in [-0.3, -0.25) is 29.9 Å². The van der Waals surface area contributed by atoms with E-state index in [1.807, 2.05) is 73.1 Å². The summed E-state index contributed by atoms with van der Waals surface area (Å²) in [7, 11) is 0. The summed E-state index contributed by atoms with van der Waals surface area (Å²) in [4.78, 5) is 36.6. The lowest BCUT2D eigenvalue weighted by Crippen LogP contribution is -2.11. The van der Waals surface area contributed by atoms with E-state index in [9.17, 15) is 0 Å². The monoisotopic (exact) mass is 516 g/mol. The van der Waals surface area contributed by atoms with Crippen LogP contribution in [0.1, 0.15) is 22.3 Å². The third-order valence-corrected chi connectivity index (χ3v) is 6.60. The fourth-order valence-corrected chi connectivity index (χ4v) is 4.61. The van der Waals surface area contributed by atoms with E-state index in [0.717, 1.165) is 56.2 Å². The normalized spacial score (nSPS) is 14.9. The fourth-order valence-electron chi connectivity index (χ4n) is 4.61. The lowest BCUT2D eigenvalue weighted by atomic mass is 9.98. The zero-order valence-corrected chi connectivity index (χ0v) is 21.1. The van der Waals surface area contributed by atoms with Crippen molar-refractivity contribution in [3.05, 3.63) is 145 Å². The summed E-state index contributed by atoms with van der Waals surface area (Å²) in [6.45, 7) is 0. The van der Waals surface area contributed by atoms with Gasteiger partial charge < -0.3 is 0 Å². The van der Waals surface area contributed by atoms with Gasteiger partial charge in [0.05, 0.1) is 46.6 Å². The molecule has 7 heterocycles. The molecule has 40 heavy (non-hydrogen) atoms. The number of rotatable bonds is 4. The van der Waals surface area contributed by atoms with E-state index in [-0.39, 0.29) is 0 Å².